The van der Waals surface area contributed by atoms with Crippen LogP contribution in [0.5, 0.6) is 0 Å². The number of carboxylic acids is 1. The number of carbonyl (C=O) groups is 2. The predicted molar refractivity (Wildman–Crippen MR) is 65.9 cm³/mol. The first-order chi connectivity index (χ1) is 8.43. The number of aldehydes is 1. The summed E-state index contributed by atoms with van der Waals surface area (Å²) < 4.78 is 1.66. The molecule has 5 nitrogen and oxygen atoms in total. The van der Waals surface area contributed by atoms with Crippen molar-refractivity contribution in [2.75, 3.05) is 0 Å². The molecule has 0 radical (unpaired) electrons. The van der Waals surface area contributed by atoms with Crippen molar-refractivity contribution in [1.29, 1.82) is 0 Å². The van der Waals surface area contributed by atoms with Crippen LogP contribution in [-0.4, -0.2) is 27.1 Å². The number of hydrogen-bond donors (Lipinski definition) is 1. The maximum atomic E-state index is 11.0. The molecule has 2 rings (SSSR count). The van der Waals surface area contributed by atoms with E-state index in [0.29, 0.717) is 6.29 Å². The molecule has 1 N–H and O–H groups in total. The van der Waals surface area contributed by atoms with E-state index in [4.69, 9.17) is 5.11 Å². The molecule has 0 aliphatic heterocycles. The van der Waals surface area contributed by atoms with Crippen LogP contribution in [0, 0.1) is 5.41 Å². The number of nitrogens with zero attached hydrogens (tertiary/aromatic N) is 2. The topological polar surface area (TPSA) is 72.2 Å². The van der Waals surface area contributed by atoms with Gasteiger partial charge in [-0.25, -0.2) is 4.79 Å². The molecule has 1 saturated carbocycles. The zero-order valence-corrected chi connectivity index (χ0v) is 10.7. The van der Waals surface area contributed by atoms with Gasteiger partial charge in [0.1, 0.15) is 0 Å². The molecular formula is C13H18N2O3. The summed E-state index contributed by atoms with van der Waals surface area (Å²) in [5.74, 6) is -1.15. The first-order valence-electron chi connectivity index (χ1n) is 6.20. The highest BCUT2D eigenvalue weighted by molar-refractivity contribution is 5.95. The van der Waals surface area contributed by atoms with Crippen LogP contribution >= 0.6 is 0 Å². The third kappa shape index (κ3) is 2.44. The summed E-state index contributed by atoms with van der Waals surface area (Å²) in [4.78, 5) is 21.8. The maximum Gasteiger partial charge on any atom is 0.357 e. The molecule has 1 heterocycles. The average molecular weight is 250 g/mol. The van der Waals surface area contributed by atoms with Crippen LogP contribution in [0.3, 0.4) is 0 Å². The number of hydrogen-bond acceptors (Lipinski definition) is 3. The third-order valence-corrected chi connectivity index (χ3v) is 3.64. The quantitative estimate of drug-likeness (QED) is 0.837. The van der Waals surface area contributed by atoms with Crippen molar-refractivity contribution in [1.82, 2.24) is 9.78 Å². The number of aromatic nitrogens is 2. The lowest BCUT2D eigenvalue weighted by atomic mass is 9.75. The molecule has 98 valence electrons. The van der Waals surface area contributed by atoms with Crippen molar-refractivity contribution in [3.8, 4) is 0 Å². The second kappa shape index (κ2) is 4.55. The highest BCUT2D eigenvalue weighted by atomic mass is 16.4. The van der Waals surface area contributed by atoms with E-state index in [1.54, 1.807) is 10.9 Å². The first-order valence-corrected chi connectivity index (χ1v) is 6.20. The Morgan fingerprint density at radius 2 is 2.33 bits per heavy atom. The van der Waals surface area contributed by atoms with Crippen LogP contribution in [0.15, 0.2) is 6.20 Å². The molecule has 0 saturated heterocycles. The summed E-state index contributed by atoms with van der Waals surface area (Å²) in [6.07, 6.45) is 6.35. The van der Waals surface area contributed by atoms with Gasteiger partial charge < -0.3 is 5.11 Å². The van der Waals surface area contributed by atoms with Gasteiger partial charge in [-0.15, -0.1) is 0 Å². The molecule has 1 atom stereocenters. The van der Waals surface area contributed by atoms with E-state index < -0.39 is 5.97 Å². The Balaban J connectivity index is 2.28. The molecular weight excluding hydrogens is 232 g/mol. The minimum atomic E-state index is -1.15. The van der Waals surface area contributed by atoms with Gasteiger partial charge in [0.2, 0.25) is 0 Å². The second-order valence-electron chi connectivity index (χ2n) is 5.75. The Labute approximate surface area is 106 Å². The molecule has 1 fully saturated rings. The molecule has 18 heavy (non-hydrogen) atoms. The van der Waals surface area contributed by atoms with Crippen molar-refractivity contribution in [3.63, 3.8) is 0 Å². The lowest BCUT2D eigenvalue weighted by Gasteiger charge is -2.35. The monoisotopic (exact) mass is 250 g/mol. The van der Waals surface area contributed by atoms with Gasteiger partial charge in [0.25, 0.3) is 0 Å². The largest absolute Gasteiger partial charge is 0.476 e. The summed E-state index contributed by atoms with van der Waals surface area (Å²) in [5, 5.41) is 13.0. The normalized spacial score (nSPS) is 22.7. The van der Waals surface area contributed by atoms with E-state index in [-0.39, 0.29) is 22.7 Å². The Kier molecular flexibility index (Phi) is 3.24. The van der Waals surface area contributed by atoms with Crippen LogP contribution < -0.4 is 0 Å². The molecule has 0 spiro atoms. The lowest BCUT2D eigenvalue weighted by Crippen LogP contribution is -2.25. The molecule has 0 amide bonds. The Morgan fingerprint density at radius 1 is 1.61 bits per heavy atom. The first kappa shape index (κ1) is 12.8. The van der Waals surface area contributed by atoms with Crippen LogP contribution in [0.25, 0.3) is 0 Å². The predicted octanol–water partition coefficient (Wildman–Crippen LogP) is 2.54. The average Bonchev–Trinajstić information content (AvgIpc) is 2.71. The van der Waals surface area contributed by atoms with E-state index in [2.05, 4.69) is 18.9 Å². The molecule has 1 unspecified atom stereocenters. The van der Waals surface area contributed by atoms with E-state index in [1.165, 1.54) is 6.42 Å². The second-order valence-corrected chi connectivity index (χ2v) is 5.75. The fourth-order valence-electron chi connectivity index (χ4n) is 2.73. The number of rotatable bonds is 3. The molecule has 5 heteroatoms. The summed E-state index contributed by atoms with van der Waals surface area (Å²) in [6.45, 7) is 4.42. The van der Waals surface area contributed by atoms with Gasteiger partial charge in [-0.3, -0.25) is 9.48 Å². The maximum absolute atomic E-state index is 11.0. The molecule has 1 aliphatic carbocycles. The van der Waals surface area contributed by atoms with Gasteiger partial charge in [0.05, 0.1) is 11.6 Å². The highest BCUT2D eigenvalue weighted by Gasteiger charge is 2.30. The lowest BCUT2D eigenvalue weighted by molar-refractivity contribution is 0.0685. The van der Waals surface area contributed by atoms with Crippen LogP contribution in [-0.2, 0) is 0 Å². The van der Waals surface area contributed by atoms with Crippen LogP contribution in [0.1, 0.15) is 66.4 Å². The van der Waals surface area contributed by atoms with Crippen molar-refractivity contribution >= 4 is 12.3 Å². The highest BCUT2D eigenvalue weighted by Crippen LogP contribution is 2.40. The van der Waals surface area contributed by atoms with E-state index in [1.807, 2.05) is 0 Å². The van der Waals surface area contributed by atoms with Crippen molar-refractivity contribution in [2.45, 2.75) is 45.6 Å². The van der Waals surface area contributed by atoms with E-state index >= 15 is 0 Å². The van der Waals surface area contributed by atoms with Crippen LogP contribution in [0.4, 0.5) is 0 Å². The van der Waals surface area contributed by atoms with Crippen molar-refractivity contribution in [3.05, 3.63) is 17.5 Å². The van der Waals surface area contributed by atoms with Gasteiger partial charge in [0, 0.05) is 6.20 Å². The number of carboxylic acid groups (broad SMARTS) is 1. The van der Waals surface area contributed by atoms with Crippen LogP contribution in [0.2, 0.25) is 0 Å². The fourth-order valence-corrected chi connectivity index (χ4v) is 2.73. The molecule has 1 aliphatic rings. The zero-order valence-electron chi connectivity index (χ0n) is 10.7. The van der Waals surface area contributed by atoms with Gasteiger partial charge in [-0.2, -0.15) is 5.10 Å². The van der Waals surface area contributed by atoms with E-state index in [0.717, 1.165) is 19.3 Å². The fraction of sp³-hybridized carbons (Fsp3) is 0.615. The van der Waals surface area contributed by atoms with Gasteiger partial charge >= 0.3 is 5.97 Å². The third-order valence-electron chi connectivity index (χ3n) is 3.64. The Hall–Kier alpha value is -1.65. The Bertz CT molecular complexity index is 477. The SMILES string of the molecule is CC1(C)CCCC(n2cc(C=O)c(C(=O)O)n2)C1. The number of carbonyl (C=O) groups excluding carboxylic acids is 1. The standard InChI is InChI=1S/C13H18N2O3/c1-13(2)5-3-4-10(6-13)15-7-9(8-16)11(14-15)12(17)18/h7-8,10H,3-6H2,1-2H3,(H,17,18). The molecule has 0 aromatic carbocycles. The minimum absolute atomic E-state index is 0.145. The molecule has 0 bridgehead atoms. The molecule has 1 aromatic rings. The molecule has 1 aromatic heterocycles. The minimum Gasteiger partial charge on any atom is -0.476 e. The summed E-state index contributed by atoms with van der Waals surface area (Å²) in [5.41, 5.74) is 0.263. The van der Waals surface area contributed by atoms with Gasteiger partial charge in [0.15, 0.2) is 12.0 Å². The van der Waals surface area contributed by atoms with Gasteiger partial charge in [-0.05, 0) is 24.7 Å². The summed E-state index contributed by atoms with van der Waals surface area (Å²) in [6, 6.07) is 0.195. The Morgan fingerprint density at radius 3 is 2.83 bits per heavy atom. The van der Waals surface area contributed by atoms with Gasteiger partial charge in [-0.1, -0.05) is 20.3 Å². The number of aromatic carboxylic acids is 1. The van der Waals surface area contributed by atoms with Crippen molar-refractivity contribution < 1.29 is 14.7 Å². The summed E-state index contributed by atoms with van der Waals surface area (Å²) >= 11 is 0. The van der Waals surface area contributed by atoms with Crippen molar-refractivity contribution in [2.24, 2.45) is 5.41 Å². The van der Waals surface area contributed by atoms with E-state index in [9.17, 15) is 9.59 Å². The summed E-state index contributed by atoms with van der Waals surface area (Å²) in [7, 11) is 0. The zero-order chi connectivity index (χ0) is 13.3. The smallest absolute Gasteiger partial charge is 0.357 e.